The Morgan fingerprint density at radius 1 is 1.17 bits per heavy atom. The SMILES string of the molecule is Cc1cc(CCCN)cc(C)c1N1CCOCC1. The van der Waals surface area contributed by atoms with Crippen LogP contribution in [0.15, 0.2) is 12.1 Å². The van der Waals surface area contributed by atoms with E-state index in [1.165, 1.54) is 22.4 Å². The van der Waals surface area contributed by atoms with Gasteiger partial charge in [0.1, 0.15) is 0 Å². The second-order valence-corrected chi connectivity index (χ2v) is 5.07. The first-order valence-corrected chi connectivity index (χ1v) is 6.85. The highest BCUT2D eigenvalue weighted by molar-refractivity contribution is 5.60. The fourth-order valence-electron chi connectivity index (χ4n) is 2.78. The topological polar surface area (TPSA) is 38.5 Å². The molecule has 1 aromatic carbocycles. The molecule has 1 saturated heterocycles. The number of hydrogen-bond acceptors (Lipinski definition) is 3. The van der Waals surface area contributed by atoms with E-state index >= 15 is 0 Å². The van der Waals surface area contributed by atoms with Crippen LogP contribution in [0.1, 0.15) is 23.1 Å². The average Bonchev–Trinajstić information content (AvgIpc) is 2.37. The standard InChI is InChI=1S/C15H24N2O/c1-12-10-14(4-3-5-16)11-13(2)15(12)17-6-8-18-9-7-17/h10-11H,3-9,16H2,1-2H3. The predicted molar refractivity (Wildman–Crippen MR) is 76.3 cm³/mol. The molecule has 0 saturated carbocycles. The van der Waals surface area contributed by atoms with Crippen LogP contribution in [0.5, 0.6) is 0 Å². The Hall–Kier alpha value is -1.06. The summed E-state index contributed by atoms with van der Waals surface area (Å²) in [6.45, 7) is 8.88. The molecular formula is C15H24N2O. The number of nitrogens with two attached hydrogens (primary N) is 1. The normalized spacial score (nSPS) is 16.1. The maximum absolute atomic E-state index is 5.58. The molecule has 100 valence electrons. The van der Waals surface area contributed by atoms with Crippen LogP contribution in [-0.2, 0) is 11.2 Å². The molecule has 18 heavy (non-hydrogen) atoms. The smallest absolute Gasteiger partial charge is 0.0642 e. The Bertz CT molecular complexity index is 374. The molecule has 1 aromatic rings. The van der Waals surface area contributed by atoms with Gasteiger partial charge in [0, 0.05) is 18.8 Å². The Morgan fingerprint density at radius 3 is 2.33 bits per heavy atom. The molecule has 0 aliphatic carbocycles. The molecule has 0 bridgehead atoms. The molecule has 1 aliphatic heterocycles. The first-order valence-electron chi connectivity index (χ1n) is 6.85. The minimum atomic E-state index is 0.767. The lowest BCUT2D eigenvalue weighted by Crippen LogP contribution is -2.37. The highest BCUT2D eigenvalue weighted by Crippen LogP contribution is 2.27. The van der Waals surface area contributed by atoms with Crippen LogP contribution >= 0.6 is 0 Å². The number of ether oxygens (including phenoxy) is 1. The molecule has 1 fully saturated rings. The van der Waals surface area contributed by atoms with Crippen LogP contribution in [0.3, 0.4) is 0 Å². The van der Waals surface area contributed by atoms with Gasteiger partial charge in [0.2, 0.25) is 0 Å². The van der Waals surface area contributed by atoms with Gasteiger partial charge < -0.3 is 15.4 Å². The summed E-state index contributed by atoms with van der Waals surface area (Å²) in [5.41, 5.74) is 11.1. The molecule has 1 aliphatic rings. The molecule has 0 atom stereocenters. The molecule has 0 unspecified atom stereocenters. The third-order valence-corrected chi connectivity index (χ3v) is 3.55. The van der Waals surface area contributed by atoms with Crippen LogP contribution in [-0.4, -0.2) is 32.8 Å². The second kappa shape index (κ2) is 6.21. The minimum Gasteiger partial charge on any atom is -0.378 e. The summed E-state index contributed by atoms with van der Waals surface area (Å²) in [5, 5.41) is 0. The molecule has 0 radical (unpaired) electrons. The van der Waals surface area contributed by atoms with Crippen molar-refractivity contribution in [3.8, 4) is 0 Å². The summed E-state index contributed by atoms with van der Waals surface area (Å²) in [5.74, 6) is 0. The molecule has 2 N–H and O–H groups in total. The Balaban J connectivity index is 2.20. The largest absolute Gasteiger partial charge is 0.378 e. The van der Waals surface area contributed by atoms with Crippen LogP contribution in [0.2, 0.25) is 0 Å². The average molecular weight is 248 g/mol. The second-order valence-electron chi connectivity index (χ2n) is 5.07. The van der Waals surface area contributed by atoms with Gasteiger partial charge in [-0.05, 0) is 49.9 Å². The molecular weight excluding hydrogens is 224 g/mol. The summed E-state index contributed by atoms with van der Waals surface area (Å²) >= 11 is 0. The maximum Gasteiger partial charge on any atom is 0.0642 e. The zero-order valence-corrected chi connectivity index (χ0v) is 11.5. The first-order chi connectivity index (χ1) is 8.72. The molecule has 3 nitrogen and oxygen atoms in total. The van der Waals surface area contributed by atoms with Gasteiger partial charge in [-0.3, -0.25) is 0 Å². The highest BCUT2D eigenvalue weighted by atomic mass is 16.5. The van der Waals surface area contributed by atoms with Crippen molar-refractivity contribution < 1.29 is 4.74 Å². The fraction of sp³-hybridized carbons (Fsp3) is 0.600. The van der Waals surface area contributed by atoms with E-state index in [-0.39, 0.29) is 0 Å². The van der Waals surface area contributed by atoms with Gasteiger partial charge in [0.05, 0.1) is 13.2 Å². The van der Waals surface area contributed by atoms with Gasteiger partial charge in [-0.2, -0.15) is 0 Å². The number of aryl methyl sites for hydroxylation is 3. The van der Waals surface area contributed by atoms with Crippen LogP contribution in [0.25, 0.3) is 0 Å². The van der Waals surface area contributed by atoms with Gasteiger partial charge in [-0.1, -0.05) is 12.1 Å². The van der Waals surface area contributed by atoms with Crippen molar-refractivity contribution in [3.63, 3.8) is 0 Å². The summed E-state index contributed by atoms with van der Waals surface area (Å²) < 4.78 is 5.42. The summed E-state index contributed by atoms with van der Waals surface area (Å²) in [6.07, 6.45) is 2.15. The fourth-order valence-corrected chi connectivity index (χ4v) is 2.78. The van der Waals surface area contributed by atoms with Crippen molar-refractivity contribution in [2.75, 3.05) is 37.7 Å². The quantitative estimate of drug-likeness (QED) is 0.886. The first kappa shape index (κ1) is 13.4. The highest BCUT2D eigenvalue weighted by Gasteiger charge is 2.15. The van der Waals surface area contributed by atoms with Gasteiger partial charge >= 0.3 is 0 Å². The third-order valence-electron chi connectivity index (χ3n) is 3.55. The monoisotopic (exact) mass is 248 g/mol. The number of benzene rings is 1. The van der Waals surface area contributed by atoms with E-state index in [1.807, 2.05) is 0 Å². The Morgan fingerprint density at radius 2 is 1.78 bits per heavy atom. The zero-order valence-electron chi connectivity index (χ0n) is 11.5. The van der Waals surface area contributed by atoms with E-state index < -0.39 is 0 Å². The van der Waals surface area contributed by atoms with Gasteiger partial charge in [-0.15, -0.1) is 0 Å². The lowest BCUT2D eigenvalue weighted by molar-refractivity contribution is 0.122. The van der Waals surface area contributed by atoms with Crippen molar-refractivity contribution in [3.05, 3.63) is 28.8 Å². The number of nitrogens with zero attached hydrogens (tertiary/aromatic N) is 1. The molecule has 0 amide bonds. The molecule has 2 rings (SSSR count). The van der Waals surface area contributed by atoms with Crippen LogP contribution in [0.4, 0.5) is 5.69 Å². The number of anilines is 1. The molecule has 3 heteroatoms. The third kappa shape index (κ3) is 3.03. The van der Waals surface area contributed by atoms with Gasteiger partial charge in [0.25, 0.3) is 0 Å². The number of morpholine rings is 1. The van der Waals surface area contributed by atoms with Crippen molar-refractivity contribution in [2.45, 2.75) is 26.7 Å². The Kier molecular flexibility index (Phi) is 4.61. The van der Waals surface area contributed by atoms with E-state index in [0.29, 0.717) is 0 Å². The summed E-state index contributed by atoms with van der Waals surface area (Å²) in [6, 6.07) is 4.63. The lowest BCUT2D eigenvalue weighted by atomic mass is 10.00. The van der Waals surface area contributed by atoms with E-state index in [1.54, 1.807) is 0 Å². The minimum absolute atomic E-state index is 0.767. The maximum atomic E-state index is 5.58. The molecule has 0 spiro atoms. The van der Waals surface area contributed by atoms with Crippen molar-refractivity contribution in [1.29, 1.82) is 0 Å². The zero-order chi connectivity index (χ0) is 13.0. The van der Waals surface area contributed by atoms with Gasteiger partial charge in [0.15, 0.2) is 0 Å². The molecule has 1 heterocycles. The summed E-state index contributed by atoms with van der Waals surface area (Å²) in [4.78, 5) is 2.45. The van der Waals surface area contributed by atoms with E-state index in [0.717, 1.165) is 45.7 Å². The molecule has 0 aromatic heterocycles. The van der Waals surface area contributed by atoms with Gasteiger partial charge in [-0.25, -0.2) is 0 Å². The predicted octanol–water partition coefficient (Wildman–Crippen LogP) is 2.03. The van der Waals surface area contributed by atoms with Crippen LogP contribution in [0, 0.1) is 13.8 Å². The van der Waals surface area contributed by atoms with E-state index in [9.17, 15) is 0 Å². The number of rotatable bonds is 4. The van der Waals surface area contributed by atoms with Crippen molar-refractivity contribution in [2.24, 2.45) is 5.73 Å². The number of hydrogen-bond donors (Lipinski definition) is 1. The summed E-state index contributed by atoms with van der Waals surface area (Å²) in [7, 11) is 0. The van der Waals surface area contributed by atoms with E-state index in [4.69, 9.17) is 10.5 Å². The van der Waals surface area contributed by atoms with Crippen LogP contribution < -0.4 is 10.6 Å². The van der Waals surface area contributed by atoms with Crippen molar-refractivity contribution >= 4 is 5.69 Å². The van der Waals surface area contributed by atoms with E-state index in [2.05, 4.69) is 30.9 Å². The van der Waals surface area contributed by atoms with Crippen molar-refractivity contribution in [1.82, 2.24) is 0 Å². The lowest BCUT2D eigenvalue weighted by Gasteiger charge is -2.31. The Labute approximate surface area is 110 Å².